The van der Waals surface area contributed by atoms with E-state index in [1.54, 1.807) is 0 Å². The number of nitrogens with zero attached hydrogens (tertiary/aromatic N) is 2. The SMILES string of the molecule is CC1CCN(c2nc(C(C)C)c(CNC(C)C)s2)C(C)C1. The van der Waals surface area contributed by atoms with Crippen molar-refractivity contribution in [1.82, 2.24) is 10.3 Å². The number of anilines is 1. The van der Waals surface area contributed by atoms with E-state index in [0.717, 1.165) is 19.0 Å². The second kappa shape index (κ2) is 7.10. The van der Waals surface area contributed by atoms with Gasteiger partial charge in [0.05, 0.1) is 5.69 Å². The highest BCUT2D eigenvalue weighted by atomic mass is 32.1. The molecule has 2 heterocycles. The van der Waals surface area contributed by atoms with Crippen molar-refractivity contribution >= 4 is 16.5 Å². The smallest absolute Gasteiger partial charge is 0.186 e. The average molecular weight is 310 g/mol. The van der Waals surface area contributed by atoms with Crippen LogP contribution >= 0.6 is 11.3 Å². The predicted octanol–water partition coefficient (Wildman–Crippen LogP) is 4.39. The Hall–Kier alpha value is -0.610. The van der Waals surface area contributed by atoms with Gasteiger partial charge in [0.2, 0.25) is 0 Å². The van der Waals surface area contributed by atoms with Gasteiger partial charge in [-0.2, -0.15) is 0 Å². The van der Waals surface area contributed by atoms with Gasteiger partial charge in [0.1, 0.15) is 0 Å². The molecule has 0 spiro atoms. The van der Waals surface area contributed by atoms with Gasteiger partial charge in [-0.25, -0.2) is 4.98 Å². The molecule has 1 aliphatic heterocycles. The van der Waals surface area contributed by atoms with Crippen molar-refractivity contribution in [2.24, 2.45) is 5.92 Å². The van der Waals surface area contributed by atoms with Gasteiger partial charge < -0.3 is 10.2 Å². The lowest BCUT2D eigenvalue weighted by Gasteiger charge is -2.36. The highest BCUT2D eigenvalue weighted by Gasteiger charge is 2.26. The summed E-state index contributed by atoms with van der Waals surface area (Å²) in [6.07, 6.45) is 2.58. The van der Waals surface area contributed by atoms with E-state index in [1.807, 2.05) is 11.3 Å². The van der Waals surface area contributed by atoms with Crippen LogP contribution in [0.1, 0.15) is 70.9 Å². The van der Waals surface area contributed by atoms with Crippen LogP contribution < -0.4 is 10.2 Å². The summed E-state index contributed by atoms with van der Waals surface area (Å²) in [5.41, 5.74) is 1.29. The van der Waals surface area contributed by atoms with E-state index in [2.05, 4.69) is 51.8 Å². The monoisotopic (exact) mass is 309 g/mol. The number of thiazole rings is 1. The van der Waals surface area contributed by atoms with Crippen LogP contribution in [0.4, 0.5) is 5.13 Å². The average Bonchev–Trinajstić information content (AvgIpc) is 2.80. The molecule has 0 aliphatic carbocycles. The number of aromatic nitrogens is 1. The van der Waals surface area contributed by atoms with Gasteiger partial charge in [0.25, 0.3) is 0 Å². The van der Waals surface area contributed by atoms with Gasteiger partial charge in [0.15, 0.2) is 5.13 Å². The van der Waals surface area contributed by atoms with Crippen molar-refractivity contribution in [3.8, 4) is 0 Å². The van der Waals surface area contributed by atoms with Crippen molar-refractivity contribution in [1.29, 1.82) is 0 Å². The Morgan fingerprint density at radius 1 is 1.29 bits per heavy atom. The van der Waals surface area contributed by atoms with E-state index < -0.39 is 0 Å². The summed E-state index contributed by atoms with van der Waals surface area (Å²) in [6, 6.07) is 1.14. The topological polar surface area (TPSA) is 28.2 Å². The first-order valence-electron chi connectivity index (χ1n) is 8.38. The minimum atomic E-state index is 0.498. The van der Waals surface area contributed by atoms with Gasteiger partial charge >= 0.3 is 0 Å². The second-order valence-corrected chi connectivity index (χ2v) is 8.23. The third kappa shape index (κ3) is 4.19. The first-order chi connectivity index (χ1) is 9.88. The van der Waals surface area contributed by atoms with Crippen LogP contribution in [-0.2, 0) is 6.54 Å². The highest BCUT2D eigenvalue weighted by Crippen LogP contribution is 2.35. The molecule has 0 radical (unpaired) electrons. The number of nitrogens with one attached hydrogen (secondary N) is 1. The summed E-state index contributed by atoms with van der Waals surface area (Å²) in [5, 5.41) is 4.78. The first kappa shape index (κ1) is 16.8. The number of hydrogen-bond acceptors (Lipinski definition) is 4. The third-order valence-electron chi connectivity index (χ3n) is 4.32. The number of piperidine rings is 1. The van der Waals surface area contributed by atoms with Crippen LogP contribution in [0.5, 0.6) is 0 Å². The van der Waals surface area contributed by atoms with E-state index in [1.165, 1.54) is 28.5 Å². The number of rotatable bonds is 5. The van der Waals surface area contributed by atoms with Crippen LogP contribution in [0.3, 0.4) is 0 Å². The normalized spacial score (nSPS) is 23.3. The zero-order valence-electron chi connectivity index (χ0n) is 14.4. The lowest BCUT2D eigenvalue weighted by atomic mass is 9.94. The fourth-order valence-corrected chi connectivity index (χ4v) is 4.33. The van der Waals surface area contributed by atoms with Crippen molar-refractivity contribution in [3.05, 3.63) is 10.6 Å². The van der Waals surface area contributed by atoms with Gasteiger partial charge in [-0.15, -0.1) is 11.3 Å². The minimum Gasteiger partial charge on any atom is -0.345 e. The fourth-order valence-electron chi connectivity index (χ4n) is 3.04. The summed E-state index contributed by atoms with van der Waals surface area (Å²) >= 11 is 1.89. The van der Waals surface area contributed by atoms with E-state index in [0.29, 0.717) is 18.0 Å². The van der Waals surface area contributed by atoms with Gasteiger partial charge in [-0.3, -0.25) is 0 Å². The van der Waals surface area contributed by atoms with E-state index >= 15 is 0 Å². The molecule has 1 aromatic heterocycles. The second-order valence-electron chi connectivity index (χ2n) is 7.17. The Labute approximate surface area is 134 Å². The molecule has 4 heteroatoms. The quantitative estimate of drug-likeness (QED) is 0.874. The largest absolute Gasteiger partial charge is 0.345 e. The molecule has 3 nitrogen and oxygen atoms in total. The molecule has 1 aliphatic rings. The molecule has 1 saturated heterocycles. The van der Waals surface area contributed by atoms with Crippen molar-refractivity contribution in [2.75, 3.05) is 11.4 Å². The van der Waals surface area contributed by atoms with E-state index in [-0.39, 0.29) is 0 Å². The summed E-state index contributed by atoms with van der Waals surface area (Å²) in [6.45, 7) is 15.7. The van der Waals surface area contributed by atoms with Crippen molar-refractivity contribution in [3.63, 3.8) is 0 Å². The zero-order valence-corrected chi connectivity index (χ0v) is 15.3. The molecular formula is C17H31N3S. The summed E-state index contributed by atoms with van der Waals surface area (Å²) < 4.78 is 0. The minimum absolute atomic E-state index is 0.498. The standard InChI is InChI=1S/C17H31N3S/c1-11(2)16-15(10-18-12(3)4)21-17(19-16)20-8-7-13(5)9-14(20)6/h11-14,18H,7-10H2,1-6H3. The zero-order chi connectivity index (χ0) is 15.6. The van der Waals surface area contributed by atoms with E-state index in [9.17, 15) is 0 Å². The van der Waals surface area contributed by atoms with E-state index in [4.69, 9.17) is 4.98 Å². The fraction of sp³-hybridized carbons (Fsp3) is 0.824. The molecule has 1 N–H and O–H groups in total. The summed E-state index contributed by atoms with van der Waals surface area (Å²) in [7, 11) is 0. The van der Waals surface area contributed by atoms with Crippen molar-refractivity contribution < 1.29 is 0 Å². The van der Waals surface area contributed by atoms with Crippen LogP contribution in [0.15, 0.2) is 0 Å². The molecule has 0 bridgehead atoms. The van der Waals surface area contributed by atoms with Crippen molar-refractivity contribution in [2.45, 2.75) is 78.9 Å². The Balaban J connectivity index is 2.18. The Bertz CT molecular complexity index is 453. The van der Waals surface area contributed by atoms with Gasteiger partial charge in [-0.1, -0.05) is 34.6 Å². The molecule has 2 rings (SSSR count). The number of hydrogen-bond donors (Lipinski definition) is 1. The summed E-state index contributed by atoms with van der Waals surface area (Å²) in [5.74, 6) is 1.35. The molecule has 0 amide bonds. The molecule has 2 atom stereocenters. The molecule has 21 heavy (non-hydrogen) atoms. The lowest BCUT2D eigenvalue weighted by molar-refractivity contribution is 0.377. The van der Waals surface area contributed by atoms with Gasteiger partial charge in [0, 0.05) is 30.1 Å². The Kier molecular flexibility index (Phi) is 5.67. The van der Waals surface area contributed by atoms with Crippen LogP contribution in [0.2, 0.25) is 0 Å². The molecule has 2 unspecified atom stereocenters. The first-order valence-corrected chi connectivity index (χ1v) is 9.19. The maximum atomic E-state index is 4.99. The molecule has 1 aromatic rings. The Morgan fingerprint density at radius 2 is 2.00 bits per heavy atom. The summed E-state index contributed by atoms with van der Waals surface area (Å²) in [4.78, 5) is 8.93. The lowest BCUT2D eigenvalue weighted by Crippen LogP contribution is -2.40. The molecule has 120 valence electrons. The van der Waals surface area contributed by atoms with Crippen LogP contribution in [0.25, 0.3) is 0 Å². The maximum absolute atomic E-state index is 4.99. The molecule has 0 saturated carbocycles. The Morgan fingerprint density at radius 3 is 2.57 bits per heavy atom. The third-order valence-corrected chi connectivity index (χ3v) is 5.43. The van der Waals surface area contributed by atoms with Gasteiger partial charge in [-0.05, 0) is 31.6 Å². The molecule has 1 fully saturated rings. The van der Waals surface area contributed by atoms with Crippen LogP contribution in [-0.4, -0.2) is 23.6 Å². The predicted molar refractivity (Wildman–Crippen MR) is 93.4 cm³/mol. The molecule has 0 aromatic carbocycles. The molecular weight excluding hydrogens is 278 g/mol. The highest BCUT2D eigenvalue weighted by molar-refractivity contribution is 7.15. The maximum Gasteiger partial charge on any atom is 0.186 e. The van der Waals surface area contributed by atoms with Crippen LogP contribution in [0, 0.1) is 5.92 Å².